The zero-order chi connectivity index (χ0) is 54.2. The van der Waals surface area contributed by atoms with E-state index in [1.807, 2.05) is 57.2 Å². The molecule has 0 saturated carbocycles. The van der Waals surface area contributed by atoms with Crippen LogP contribution in [0.5, 0.6) is 0 Å². The lowest BCUT2D eigenvalue weighted by atomic mass is 9.83. The molecule has 1 aliphatic carbocycles. The Labute approximate surface area is 438 Å². The van der Waals surface area contributed by atoms with Crippen molar-refractivity contribution in [3.8, 4) is 0 Å². The summed E-state index contributed by atoms with van der Waals surface area (Å²) in [5, 5.41) is 19.9. The number of rotatable bonds is 25. The van der Waals surface area contributed by atoms with E-state index in [4.69, 9.17) is 5.73 Å². The van der Waals surface area contributed by atoms with Crippen LogP contribution in [0, 0.1) is 11.8 Å². The third kappa shape index (κ3) is 15.2. The minimum absolute atomic E-state index is 0.00580. The Morgan fingerprint density at radius 2 is 1.21 bits per heavy atom. The highest BCUT2D eigenvalue weighted by Gasteiger charge is 2.39. The van der Waals surface area contributed by atoms with Crippen molar-refractivity contribution in [2.75, 3.05) is 31.5 Å². The second-order valence-corrected chi connectivity index (χ2v) is 19.8. The number of carbonyl (C=O) groups excluding carboxylic acids is 9. The van der Waals surface area contributed by atoms with Crippen molar-refractivity contribution in [1.82, 2.24) is 36.8 Å². The molecule has 1 aliphatic heterocycles. The molecule has 0 bridgehead atoms. The standard InChI is InChI=1S/C57H71N9O9/c1-6-35(4)49(65-54(72)44(31-37-18-9-7-10-19-37)64-53(71)43(30-34(2)3)63-52(70)36(5)58)56(74)61-33-47(67)62-45(32-38-20-11-8-12-21-38)57(75)66-29-16-26-46(66)55(73)60-28-17-27-59-42-25-15-24-41-48(42)51(69)40-23-14-13-22-39(40)50(41)68/h7-15,18-25,34-36,43-46,49,59H,6,16-17,26-33,58H2,1-5H3,(H,60,73)(H,61,74)(H,62,67)(H,63,70)(H,64,71)(H,65,72)/t35-,36-,43-,44-,45-,46-,49-/m0/s1. The van der Waals surface area contributed by atoms with E-state index >= 15 is 0 Å². The van der Waals surface area contributed by atoms with Gasteiger partial charge in [0.25, 0.3) is 0 Å². The number of hydrogen-bond acceptors (Lipinski definition) is 11. The van der Waals surface area contributed by atoms with Crippen molar-refractivity contribution in [3.05, 3.63) is 137 Å². The Balaban J connectivity index is 1.07. The molecule has 0 unspecified atom stereocenters. The number of fused-ring (bicyclic) bond motifs is 2. The highest BCUT2D eigenvalue weighted by atomic mass is 16.2. The first-order valence-electron chi connectivity index (χ1n) is 25.9. The number of benzene rings is 4. The fourth-order valence-corrected chi connectivity index (χ4v) is 9.30. The average Bonchev–Trinajstić information content (AvgIpc) is 3.90. The average molecular weight is 1030 g/mol. The molecule has 1 fully saturated rings. The molecular formula is C57H71N9O9. The lowest BCUT2D eigenvalue weighted by molar-refractivity contribution is -0.141. The molecule has 4 aromatic carbocycles. The van der Waals surface area contributed by atoms with Crippen LogP contribution in [0.4, 0.5) is 5.69 Å². The van der Waals surface area contributed by atoms with Gasteiger partial charge in [-0.3, -0.25) is 43.2 Å². The monoisotopic (exact) mass is 1030 g/mol. The van der Waals surface area contributed by atoms with E-state index in [2.05, 4.69) is 37.2 Å². The number of nitrogens with two attached hydrogens (primary N) is 1. The van der Waals surface area contributed by atoms with Crippen molar-refractivity contribution in [2.45, 2.75) is 116 Å². The first kappa shape index (κ1) is 56.6. The summed E-state index contributed by atoms with van der Waals surface area (Å²) in [6.45, 7) is 9.29. The Morgan fingerprint density at radius 3 is 1.84 bits per heavy atom. The van der Waals surface area contributed by atoms with E-state index in [1.54, 1.807) is 73.7 Å². The number of nitrogens with zero attached hydrogens (tertiary/aromatic N) is 1. The number of likely N-dealkylation sites (tertiary alicyclic amines) is 1. The lowest BCUT2D eigenvalue weighted by Gasteiger charge is -2.29. The van der Waals surface area contributed by atoms with Gasteiger partial charge in [-0.15, -0.1) is 0 Å². The van der Waals surface area contributed by atoms with Gasteiger partial charge in [0.1, 0.15) is 30.2 Å². The minimum atomic E-state index is -1.16. The van der Waals surface area contributed by atoms with Gasteiger partial charge in [0.05, 0.1) is 18.2 Å². The quantitative estimate of drug-likeness (QED) is 0.0393. The molecule has 0 aromatic heterocycles. The van der Waals surface area contributed by atoms with E-state index in [9.17, 15) is 43.2 Å². The van der Waals surface area contributed by atoms with Gasteiger partial charge in [0.15, 0.2) is 11.6 Å². The molecule has 4 aromatic rings. The molecule has 0 spiro atoms. The summed E-state index contributed by atoms with van der Waals surface area (Å²) in [5.74, 6) is -4.77. The molecule has 0 radical (unpaired) electrons. The fourth-order valence-electron chi connectivity index (χ4n) is 9.30. The van der Waals surface area contributed by atoms with Crippen LogP contribution in [0.2, 0.25) is 0 Å². The second kappa shape index (κ2) is 27.0. The molecule has 6 rings (SSSR count). The van der Waals surface area contributed by atoms with Gasteiger partial charge in [0.2, 0.25) is 41.4 Å². The van der Waals surface area contributed by atoms with Crippen LogP contribution in [0.1, 0.15) is 110 Å². The van der Waals surface area contributed by atoms with Crippen molar-refractivity contribution >= 4 is 58.6 Å². The second-order valence-electron chi connectivity index (χ2n) is 19.8. The van der Waals surface area contributed by atoms with E-state index < -0.39 is 84.2 Å². The van der Waals surface area contributed by atoms with Gasteiger partial charge in [-0.25, -0.2) is 0 Å². The topological polar surface area (TPSA) is 267 Å². The third-order valence-electron chi connectivity index (χ3n) is 13.6. The van der Waals surface area contributed by atoms with E-state index in [1.165, 1.54) is 11.8 Å². The molecule has 9 N–H and O–H groups in total. The van der Waals surface area contributed by atoms with Crippen molar-refractivity contribution in [2.24, 2.45) is 17.6 Å². The summed E-state index contributed by atoms with van der Waals surface area (Å²) in [5.41, 5.74) is 9.17. The number of carbonyl (C=O) groups is 9. The lowest BCUT2D eigenvalue weighted by Crippen LogP contribution is -2.59. The number of nitrogens with one attached hydrogen (secondary N) is 7. The number of hydrogen-bond donors (Lipinski definition) is 8. The molecule has 2 aliphatic rings. The van der Waals surface area contributed by atoms with Gasteiger partial charge in [0, 0.05) is 54.9 Å². The molecule has 18 heteroatoms. The number of anilines is 1. The predicted molar refractivity (Wildman–Crippen MR) is 284 cm³/mol. The van der Waals surface area contributed by atoms with Crippen LogP contribution < -0.4 is 43.0 Å². The van der Waals surface area contributed by atoms with Gasteiger partial charge >= 0.3 is 0 Å². The van der Waals surface area contributed by atoms with Crippen LogP contribution in [0.25, 0.3) is 0 Å². The van der Waals surface area contributed by atoms with Crippen LogP contribution in [0.15, 0.2) is 103 Å². The van der Waals surface area contributed by atoms with Crippen molar-refractivity contribution < 1.29 is 43.2 Å². The highest BCUT2D eigenvalue weighted by Crippen LogP contribution is 2.32. The molecule has 1 saturated heterocycles. The third-order valence-corrected chi connectivity index (χ3v) is 13.6. The maximum absolute atomic E-state index is 14.4. The molecule has 7 amide bonds. The highest BCUT2D eigenvalue weighted by molar-refractivity contribution is 6.30. The predicted octanol–water partition coefficient (Wildman–Crippen LogP) is 3.35. The van der Waals surface area contributed by atoms with E-state index in [0.717, 1.165) is 11.1 Å². The van der Waals surface area contributed by atoms with Crippen LogP contribution in [-0.4, -0.2) is 120 Å². The Morgan fingerprint density at radius 1 is 0.627 bits per heavy atom. The summed E-state index contributed by atoms with van der Waals surface area (Å²) in [4.78, 5) is 124. The van der Waals surface area contributed by atoms with Gasteiger partial charge in [-0.2, -0.15) is 0 Å². The van der Waals surface area contributed by atoms with Crippen molar-refractivity contribution in [1.29, 1.82) is 0 Å². The number of amides is 7. The first-order chi connectivity index (χ1) is 36.0. The summed E-state index contributed by atoms with van der Waals surface area (Å²) in [6, 6.07) is 23.9. The fraction of sp³-hybridized carbons (Fsp3) is 0.421. The maximum atomic E-state index is 14.4. The Bertz CT molecular complexity index is 2700. The van der Waals surface area contributed by atoms with Crippen LogP contribution in [0.3, 0.4) is 0 Å². The van der Waals surface area contributed by atoms with Gasteiger partial charge in [-0.05, 0) is 61.6 Å². The number of ketones is 2. The van der Waals surface area contributed by atoms with E-state index in [-0.39, 0.29) is 55.7 Å². The first-order valence-corrected chi connectivity index (χ1v) is 25.9. The van der Waals surface area contributed by atoms with Gasteiger partial charge in [-0.1, -0.05) is 131 Å². The summed E-state index contributed by atoms with van der Waals surface area (Å²) in [6.07, 6.45) is 2.35. The Kier molecular flexibility index (Phi) is 20.4. The summed E-state index contributed by atoms with van der Waals surface area (Å²) < 4.78 is 0. The SMILES string of the molecule is CC[C@H](C)[C@H](NC(=O)[C@H](Cc1ccccc1)NC(=O)[C@H](CC(C)C)NC(=O)[C@H](C)N)C(=O)NCC(=O)N[C@@H](Cc1ccccc1)C(=O)N1CCC[C@H]1C(=O)NCCCNc1cccc2c1C(=O)c1ccccc1C2=O. The smallest absolute Gasteiger partial charge is 0.246 e. The molecule has 7 atom stereocenters. The maximum Gasteiger partial charge on any atom is 0.246 e. The normalized spacial score (nSPS) is 16.2. The van der Waals surface area contributed by atoms with Crippen molar-refractivity contribution in [3.63, 3.8) is 0 Å². The summed E-state index contributed by atoms with van der Waals surface area (Å²) in [7, 11) is 0. The zero-order valence-electron chi connectivity index (χ0n) is 43.4. The molecule has 398 valence electrons. The molecule has 18 nitrogen and oxygen atoms in total. The van der Waals surface area contributed by atoms with E-state index in [0.29, 0.717) is 60.2 Å². The minimum Gasteiger partial charge on any atom is -0.384 e. The summed E-state index contributed by atoms with van der Waals surface area (Å²) >= 11 is 0. The van der Waals surface area contributed by atoms with Gasteiger partial charge < -0.3 is 47.9 Å². The van der Waals surface area contributed by atoms with Crippen LogP contribution >= 0.6 is 0 Å². The Hall–Kier alpha value is -7.73. The van der Waals surface area contributed by atoms with Crippen LogP contribution in [-0.2, 0) is 46.4 Å². The molecule has 1 heterocycles. The molecular weight excluding hydrogens is 955 g/mol. The largest absolute Gasteiger partial charge is 0.384 e. The molecule has 75 heavy (non-hydrogen) atoms. The zero-order valence-corrected chi connectivity index (χ0v) is 43.4.